The number of hydrogen-bond donors (Lipinski definition) is 0. The van der Waals surface area contributed by atoms with Crippen LogP contribution in [0.15, 0.2) is 71.5 Å². The topological polar surface area (TPSA) is 89.8 Å². The third-order valence-electron chi connectivity index (χ3n) is 6.67. The number of rotatable bonds is 5. The number of fused-ring (bicyclic) bond motifs is 2. The maximum Gasteiger partial charge on any atom is 0.277 e. The van der Waals surface area contributed by atoms with Gasteiger partial charge in [-0.1, -0.05) is 35.5 Å². The van der Waals surface area contributed by atoms with Crippen LogP contribution in [0.3, 0.4) is 0 Å². The molecule has 182 valence electrons. The number of carbonyl (C=O) groups excluding carboxylic acids is 1. The molecule has 0 N–H and O–H groups in total. The van der Waals surface area contributed by atoms with E-state index in [1.807, 2.05) is 53.4 Å². The van der Waals surface area contributed by atoms with Crippen LogP contribution < -0.4 is 15.0 Å². The lowest BCUT2D eigenvalue weighted by Gasteiger charge is -2.34. The van der Waals surface area contributed by atoms with Crippen molar-refractivity contribution < 1.29 is 14.3 Å². The lowest BCUT2D eigenvalue weighted by Crippen LogP contribution is -2.48. The van der Waals surface area contributed by atoms with Crippen molar-refractivity contribution >= 4 is 16.8 Å². The molecule has 0 unspecified atom stereocenters. The minimum Gasteiger partial charge on any atom is -0.454 e. The molecular formula is C27H25N5O4. The van der Waals surface area contributed by atoms with Crippen molar-refractivity contribution in [3.8, 4) is 11.5 Å². The quantitative estimate of drug-likeness (QED) is 0.431. The number of carbonyl (C=O) groups is 1. The first-order valence-electron chi connectivity index (χ1n) is 12.0. The number of hydrogen-bond acceptors (Lipinski definition) is 7. The monoisotopic (exact) mass is 483 g/mol. The summed E-state index contributed by atoms with van der Waals surface area (Å²) in [4.78, 5) is 30.0. The number of ether oxygens (including phenoxy) is 2. The van der Waals surface area contributed by atoms with Crippen LogP contribution in [0, 0.1) is 0 Å². The van der Waals surface area contributed by atoms with Gasteiger partial charge in [0.1, 0.15) is 5.52 Å². The van der Waals surface area contributed by atoms with E-state index in [1.54, 1.807) is 12.1 Å². The van der Waals surface area contributed by atoms with Crippen molar-refractivity contribution in [1.29, 1.82) is 0 Å². The molecule has 0 bridgehead atoms. The second-order valence-corrected chi connectivity index (χ2v) is 9.02. The lowest BCUT2D eigenvalue weighted by molar-refractivity contribution is 0.0628. The van der Waals surface area contributed by atoms with Gasteiger partial charge in [-0.25, -0.2) is 4.68 Å². The summed E-state index contributed by atoms with van der Waals surface area (Å²) in [5.41, 5.74) is 3.09. The molecular weight excluding hydrogens is 458 g/mol. The van der Waals surface area contributed by atoms with Gasteiger partial charge >= 0.3 is 0 Å². The Hall–Kier alpha value is -4.24. The molecule has 1 fully saturated rings. The molecule has 0 aliphatic carbocycles. The zero-order valence-corrected chi connectivity index (χ0v) is 19.7. The Bertz CT molecular complexity index is 1480. The van der Waals surface area contributed by atoms with E-state index >= 15 is 0 Å². The van der Waals surface area contributed by atoms with E-state index in [1.165, 1.54) is 10.2 Å². The highest BCUT2D eigenvalue weighted by molar-refractivity contribution is 5.94. The van der Waals surface area contributed by atoms with E-state index in [0.29, 0.717) is 36.1 Å². The van der Waals surface area contributed by atoms with Gasteiger partial charge in [0.2, 0.25) is 6.79 Å². The van der Waals surface area contributed by atoms with E-state index in [4.69, 9.17) is 9.47 Å². The number of piperazine rings is 1. The molecule has 9 nitrogen and oxygen atoms in total. The predicted octanol–water partition coefficient (Wildman–Crippen LogP) is 2.53. The van der Waals surface area contributed by atoms with Crippen LogP contribution in [-0.4, -0.2) is 63.7 Å². The SMILES string of the molecule is O=C(c1ccc(Cn2nnc3ccccc3c2=O)cc1)N1CCN(Cc2ccc3c(c2)OCO3)CC1. The van der Waals surface area contributed by atoms with Crippen molar-refractivity contribution in [2.24, 2.45) is 0 Å². The number of aromatic nitrogens is 3. The number of benzene rings is 3. The summed E-state index contributed by atoms with van der Waals surface area (Å²) in [5.74, 6) is 1.60. The van der Waals surface area contributed by atoms with Gasteiger partial charge in [0.05, 0.1) is 11.9 Å². The summed E-state index contributed by atoms with van der Waals surface area (Å²) in [6.45, 7) is 4.34. The van der Waals surface area contributed by atoms with Gasteiger partial charge < -0.3 is 14.4 Å². The van der Waals surface area contributed by atoms with Crippen molar-refractivity contribution in [2.75, 3.05) is 33.0 Å². The highest BCUT2D eigenvalue weighted by Crippen LogP contribution is 2.32. The van der Waals surface area contributed by atoms with Crippen molar-refractivity contribution in [3.05, 3.63) is 93.8 Å². The minimum atomic E-state index is -0.181. The van der Waals surface area contributed by atoms with Crippen LogP contribution in [0.2, 0.25) is 0 Å². The fourth-order valence-electron chi connectivity index (χ4n) is 4.64. The molecule has 2 aliphatic heterocycles. The first kappa shape index (κ1) is 22.2. The molecule has 1 amide bonds. The van der Waals surface area contributed by atoms with Crippen LogP contribution in [0.25, 0.3) is 10.9 Å². The summed E-state index contributed by atoms with van der Waals surface area (Å²) >= 11 is 0. The standard InChI is InChI=1S/C27H25N5O4/c33-26(31-13-11-30(12-14-31)16-20-7-10-24-25(15-20)36-18-35-24)21-8-5-19(6-9-21)17-32-27(34)22-3-1-2-4-23(22)28-29-32/h1-10,15H,11-14,16-18H2. The molecule has 3 heterocycles. The molecule has 1 saturated heterocycles. The summed E-state index contributed by atoms with van der Waals surface area (Å²) in [6, 6.07) is 20.6. The van der Waals surface area contributed by atoms with Gasteiger partial charge in [-0.2, -0.15) is 0 Å². The first-order chi connectivity index (χ1) is 17.6. The molecule has 3 aromatic carbocycles. The third-order valence-corrected chi connectivity index (χ3v) is 6.67. The van der Waals surface area contributed by atoms with Crippen LogP contribution in [-0.2, 0) is 13.1 Å². The lowest BCUT2D eigenvalue weighted by atomic mass is 10.1. The van der Waals surface area contributed by atoms with E-state index < -0.39 is 0 Å². The molecule has 0 radical (unpaired) electrons. The Morgan fingerprint density at radius 1 is 0.833 bits per heavy atom. The maximum atomic E-state index is 13.1. The normalized spacial score (nSPS) is 15.4. The van der Waals surface area contributed by atoms with Crippen LogP contribution in [0.5, 0.6) is 11.5 Å². The maximum absolute atomic E-state index is 13.1. The Morgan fingerprint density at radius 2 is 1.58 bits per heavy atom. The molecule has 0 saturated carbocycles. The first-order valence-corrected chi connectivity index (χ1v) is 12.0. The number of amides is 1. The van der Waals surface area contributed by atoms with Gasteiger partial charge in [0.25, 0.3) is 11.5 Å². The third kappa shape index (κ3) is 4.40. The van der Waals surface area contributed by atoms with Gasteiger partial charge in [0.15, 0.2) is 11.5 Å². The van der Waals surface area contributed by atoms with Gasteiger partial charge in [-0.3, -0.25) is 14.5 Å². The predicted molar refractivity (Wildman–Crippen MR) is 133 cm³/mol. The van der Waals surface area contributed by atoms with E-state index in [-0.39, 0.29) is 18.3 Å². The summed E-state index contributed by atoms with van der Waals surface area (Å²) in [6.07, 6.45) is 0. The fraction of sp³-hybridized carbons (Fsp3) is 0.259. The molecule has 0 atom stereocenters. The zero-order chi connectivity index (χ0) is 24.5. The zero-order valence-electron chi connectivity index (χ0n) is 19.7. The summed E-state index contributed by atoms with van der Waals surface area (Å²) in [7, 11) is 0. The Balaban J connectivity index is 1.06. The van der Waals surface area contributed by atoms with E-state index in [9.17, 15) is 9.59 Å². The Labute approximate surface area is 207 Å². The van der Waals surface area contributed by atoms with Crippen molar-refractivity contribution in [2.45, 2.75) is 13.1 Å². The molecule has 9 heteroatoms. The van der Waals surface area contributed by atoms with Crippen molar-refractivity contribution in [1.82, 2.24) is 24.8 Å². The largest absolute Gasteiger partial charge is 0.454 e. The van der Waals surface area contributed by atoms with Gasteiger partial charge in [0, 0.05) is 38.3 Å². The second-order valence-electron chi connectivity index (χ2n) is 9.02. The summed E-state index contributed by atoms with van der Waals surface area (Å²) in [5, 5.41) is 8.72. The minimum absolute atomic E-state index is 0.0203. The van der Waals surface area contributed by atoms with Crippen LogP contribution in [0.4, 0.5) is 0 Å². The average molecular weight is 484 g/mol. The highest BCUT2D eigenvalue weighted by Gasteiger charge is 2.23. The van der Waals surface area contributed by atoms with Gasteiger partial charge in [-0.15, -0.1) is 5.10 Å². The molecule has 36 heavy (non-hydrogen) atoms. The van der Waals surface area contributed by atoms with E-state index in [0.717, 1.165) is 36.7 Å². The van der Waals surface area contributed by atoms with Crippen molar-refractivity contribution in [3.63, 3.8) is 0 Å². The smallest absolute Gasteiger partial charge is 0.277 e. The van der Waals surface area contributed by atoms with Crippen LogP contribution in [0.1, 0.15) is 21.5 Å². The fourth-order valence-corrected chi connectivity index (χ4v) is 4.64. The molecule has 1 aromatic heterocycles. The summed E-state index contributed by atoms with van der Waals surface area (Å²) < 4.78 is 12.2. The molecule has 6 rings (SSSR count). The number of nitrogens with zero attached hydrogens (tertiary/aromatic N) is 5. The van der Waals surface area contributed by atoms with Gasteiger partial charge in [-0.05, 0) is 47.5 Å². The molecule has 0 spiro atoms. The van der Waals surface area contributed by atoms with E-state index in [2.05, 4.69) is 21.3 Å². The Morgan fingerprint density at radius 3 is 2.42 bits per heavy atom. The highest BCUT2D eigenvalue weighted by atomic mass is 16.7. The molecule has 2 aliphatic rings. The Kier molecular flexibility index (Phi) is 5.82. The second kappa shape index (κ2) is 9.43. The van der Waals surface area contributed by atoms with Crippen LogP contribution >= 0.6 is 0 Å². The average Bonchev–Trinajstić information content (AvgIpc) is 3.39. The molecule has 4 aromatic rings.